The van der Waals surface area contributed by atoms with E-state index in [9.17, 15) is 0 Å². The third kappa shape index (κ3) is 1.28. The lowest BCUT2D eigenvalue weighted by Gasteiger charge is -2.13. The lowest BCUT2D eigenvalue weighted by Crippen LogP contribution is -2.16. The molecule has 1 aliphatic heterocycles. The number of hydrogen-bond acceptors (Lipinski definition) is 3. The maximum Gasteiger partial charge on any atom is 0.0287 e. The van der Waals surface area contributed by atoms with Crippen molar-refractivity contribution in [2.75, 3.05) is 0 Å². The van der Waals surface area contributed by atoms with E-state index in [-0.39, 0.29) is 0 Å². The summed E-state index contributed by atoms with van der Waals surface area (Å²) >= 11 is 1.53. The summed E-state index contributed by atoms with van der Waals surface area (Å²) in [5, 5.41) is 0. The second kappa shape index (κ2) is 2.24. The normalized spacial score (nSPS) is 18.8. The first-order valence-corrected chi connectivity index (χ1v) is 3.13. The van der Waals surface area contributed by atoms with E-state index in [0.29, 0.717) is 0 Å². The van der Waals surface area contributed by atoms with Gasteiger partial charge in [0.25, 0.3) is 0 Å². The van der Waals surface area contributed by atoms with E-state index >= 15 is 0 Å². The molecule has 1 aliphatic rings. The summed E-state index contributed by atoms with van der Waals surface area (Å²) in [4.78, 5) is 1.22. The summed E-state index contributed by atoms with van der Waals surface area (Å²) in [6.45, 7) is 2.02. The van der Waals surface area contributed by atoms with Crippen LogP contribution in [0.25, 0.3) is 0 Å². The molecule has 0 aliphatic carbocycles. The van der Waals surface area contributed by atoms with E-state index in [1.54, 1.807) is 4.41 Å². The van der Waals surface area contributed by atoms with Gasteiger partial charge in [-0.2, -0.15) is 0 Å². The van der Waals surface area contributed by atoms with Gasteiger partial charge >= 0.3 is 0 Å². The van der Waals surface area contributed by atoms with E-state index in [2.05, 4.69) is 0 Å². The Hall–Kier alpha value is -0.410. The highest BCUT2D eigenvalue weighted by Gasteiger charge is 1.97. The van der Waals surface area contributed by atoms with Crippen LogP contribution in [0.15, 0.2) is 23.3 Å². The zero-order valence-corrected chi connectivity index (χ0v) is 5.48. The topological polar surface area (TPSA) is 29.3 Å². The van der Waals surface area contributed by atoms with Crippen molar-refractivity contribution in [3.63, 3.8) is 0 Å². The standard InChI is InChI=1S/C5H8N2S/c1-5-3-2-4-7(6)8-5/h2-4H,6H2,1H3. The van der Waals surface area contributed by atoms with Gasteiger partial charge in [0.05, 0.1) is 0 Å². The fraction of sp³-hybridized carbons (Fsp3) is 0.200. The summed E-state index contributed by atoms with van der Waals surface area (Å²) in [7, 11) is 0. The fourth-order valence-electron chi connectivity index (χ4n) is 0.490. The number of nitrogens with zero attached hydrogens (tertiary/aromatic N) is 1. The Morgan fingerprint density at radius 2 is 2.50 bits per heavy atom. The molecule has 2 nitrogen and oxygen atoms in total. The third-order valence-corrected chi connectivity index (χ3v) is 1.57. The molecule has 0 spiro atoms. The quantitative estimate of drug-likeness (QED) is 0.393. The predicted octanol–water partition coefficient (Wildman–Crippen LogP) is 1.24. The van der Waals surface area contributed by atoms with Gasteiger partial charge in [-0.3, -0.25) is 4.41 Å². The smallest absolute Gasteiger partial charge is 0.0287 e. The number of rotatable bonds is 0. The van der Waals surface area contributed by atoms with Crippen LogP contribution < -0.4 is 5.84 Å². The second-order valence-corrected chi connectivity index (χ2v) is 2.82. The molecule has 3 heteroatoms. The van der Waals surface area contributed by atoms with Gasteiger partial charge in [-0.25, -0.2) is 5.84 Å². The van der Waals surface area contributed by atoms with Crippen molar-refractivity contribution in [1.29, 1.82) is 0 Å². The second-order valence-electron chi connectivity index (χ2n) is 1.57. The SMILES string of the molecule is CC1=CC=CN(N)S1. The molecule has 0 aromatic carbocycles. The van der Waals surface area contributed by atoms with Crippen molar-refractivity contribution in [2.45, 2.75) is 6.92 Å². The van der Waals surface area contributed by atoms with Crippen molar-refractivity contribution in [2.24, 2.45) is 5.84 Å². The van der Waals surface area contributed by atoms with E-state index in [4.69, 9.17) is 5.84 Å². The maximum atomic E-state index is 5.39. The van der Waals surface area contributed by atoms with Gasteiger partial charge in [0.15, 0.2) is 0 Å². The molecule has 0 aromatic rings. The summed E-state index contributed by atoms with van der Waals surface area (Å²) in [6, 6.07) is 0. The van der Waals surface area contributed by atoms with Crippen molar-refractivity contribution < 1.29 is 0 Å². The van der Waals surface area contributed by atoms with Gasteiger partial charge < -0.3 is 0 Å². The van der Waals surface area contributed by atoms with Crippen molar-refractivity contribution >= 4 is 11.9 Å². The molecule has 0 atom stereocenters. The molecule has 0 radical (unpaired) electrons. The molecular weight excluding hydrogens is 120 g/mol. The van der Waals surface area contributed by atoms with Crippen molar-refractivity contribution in [1.82, 2.24) is 4.41 Å². The maximum absolute atomic E-state index is 5.39. The average molecular weight is 128 g/mol. The zero-order valence-electron chi connectivity index (χ0n) is 4.66. The van der Waals surface area contributed by atoms with Crippen LogP contribution >= 0.6 is 11.9 Å². The number of nitrogens with two attached hydrogens (primary N) is 1. The van der Waals surface area contributed by atoms with E-state index in [1.165, 1.54) is 16.9 Å². The first-order valence-electron chi connectivity index (χ1n) is 2.36. The van der Waals surface area contributed by atoms with Crippen molar-refractivity contribution in [3.8, 4) is 0 Å². The van der Waals surface area contributed by atoms with Gasteiger partial charge in [-0.15, -0.1) is 0 Å². The van der Waals surface area contributed by atoms with Crippen LogP contribution in [-0.2, 0) is 0 Å². The zero-order chi connectivity index (χ0) is 5.98. The van der Waals surface area contributed by atoms with Crippen LogP contribution in [0.2, 0.25) is 0 Å². The monoisotopic (exact) mass is 128 g/mol. The van der Waals surface area contributed by atoms with Crippen LogP contribution in [0.3, 0.4) is 0 Å². The Kier molecular flexibility index (Phi) is 1.60. The largest absolute Gasteiger partial charge is 0.256 e. The van der Waals surface area contributed by atoms with E-state index in [0.717, 1.165) is 0 Å². The minimum Gasteiger partial charge on any atom is -0.256 e. The van der Waals surface area contributed by atoms with E-state index in [1.807, 2.05) is 25.3 Å². The van der Waals surface area contributed by atoms with Crippen LogP contribution in [0.1, 0.15) is 6.92 Å². The minimum absolute atomic E-state index is 1.22. The molecule has 1 rings (SSSR count). The van der Waals surface area contributed by atoms with Crippen LogP contribution in [0.5, 0.6) is 0 Å². The molecule has 0 unspecified atom stereocenters. The number of hydrogen-bond donors (Lipinski definition) is 1. The Bertz CT molecular complexity index is 139. The summed E-state index contributed by atoms with van der Waals surface area (Å²) in [6.07, 6.45) is 5.76. The average Bonchev–Trinajstić information content (AvgIpc) is 1.64. The molecule has 0 amide bonds. The summed E-state index contributed by atoms with van der Waals surface area (Å²) < 4.78 is 1.58. The van der Waals surface area contributed by atoms with Crippen LogP contribution in [0, 0.1) is 0 Å². The molecule has 0 saturated carbocycles. The highest BCUT2D eigenvalue weighted by atomic mass is 32.2. The molecular formula is C5H8N2S. The number of hydrazine groups is 1. The van der Waals surface area contributed by atoms with Gasteiger partial charge in [0, 0.05) is 11.1 Å². The molecule has 0 fully saturated rings. The molecule has 1 heterocycles. The van der Waals surface area contributed by atoms with Gasteiger partial charge in [-0.1, -0.05) is 0 Å². The summed E-state index contributed by atoms with van der Waals surface area (Å²) in [5.74, 6) is 5.39. The Labute approximate surface area is 53.1 Å². The first kappa shape index (κ1) is 5.72. The fourth-order valence-corrected chi connectivity index (χ4v) is 1.09. The van der Waals surface area contributed by atoms with Crippen molar-refractivity contribution in [3.05, 3.63) is 23.3 Å². The van der Waals surface area contributed by atoms with Gasteiger partial charge in [0.2, 0.25) is 0 Å². The van der Waals surface area contributed by atoms with E-state index < -0.39 is 0 Å². The highest BCUT2D eigenvalue weighted by Crippen LogP contribution is 2.20. The number of allylic oxidation sites excluding steroid dienone is 3. The summed E-state index contributed by atoms with van der Waals surface area (Å²) in [5.41, 5.74) is 0. The highest BCUT2D eigenvalue weighted by molar-refractivity contribution is 8.00. The molecule has 8 heavy (non-hydrogen) atoms. The molecule has 0 aromatic heterocycles. The predicted molar refractivity (Wildman–Crippen MR) is 36.5 cm³/mol. The lowest BCUT2D eigenvalue weighted by molar-refractivity contribution is 0.672. The molecule has 44 valence electrons. The third-order valence-electron chi connectivity index (χ3n) is 0.813. The Balaban J connectivity index is 2.59. The van der Waals surface area contributed by atoms with Crippen LogP contribution in [0.4, 0.5) is 0 Å². The first-order chi connectivity index (χ1) is 3.79. The minimum atomic E-state index is 1.22. The Morgan fingerprint density at radius 1 is 1.75 bits per heavy atom. The van der Waals surface area contributed by atoms with Gasteiger partial charge in [-0.05, 0) is 31.0 Å². The van der Waals surface area contributed by atoms with Crippen LogP contribution in [-0.4, -0.2) is 4.41 Å². The molecule has 0 bridgehead atoms. The molecule has 2 N–H and O–H groups in total. The lowest BCUT2D eigenvalue weighted by atomic mass is 10.5. The van der Waals surface area contributed by atoms with Gasteiger partial charge in [0.1, 0.15) is 0 Å². The Morgan fingerprint density at radius 3 is 2.88 bits per heavy atom. The molecule has 0 saturated heterocycles.